The van der Waals surface area contributed by atoms with Crippen LogP contribution in [0.3, 0.4) is 0 Å². The van der Waals surface area contributed by atoms with Crippen molar-refractivity contribution in [3.8, 4) is 5.75 Å². The molecule has 2 aromatic rings. The Balaban J connectivity index is 1.35. The summed E-state index contributed by atoms with van der Waals surface area (Å²) in [4.78, 5) is 31.8. The van der Waals surface area contributed by atoms with Gasteiger partial charge in [-0.15, -0.1) is 0 Å². The lowest BCUT2D eigenvalue weighted by molar-refractivity contribution is -0.121. The lowest BCUT2D eigenvalue weighted by Gasteiger charge is -2.22. The first-order chi connectivity index (χ1) is 24.7. The highest BCUT2D eigenvalue weighted by atomic mass is 31.2. The lowest BCUT2D eigenvalue weighted by Crippen LogP contribution is -2.37. The van der Waals surface area contributed by atoms with E-state index in [9.17, 15) is 24.4 Å². The van der Waals surface area contributed by atoms with Crippen LogP contribution in [-0.2, 0) is 18.6 Å². The fourth-order valence-electron chi connectivity index (χ4n) is 4.75. The second kappa shape index (κ2) is 23.3. The average Bonchev–Trinajstić information content (AvgIpc) is 3.39. The van der Waals surface area contributed by atoms with E-state index in [1.54, 1.807) is 30.3 Å². The van der Waals surface area contributed by atoms with Crippen molar-refractivity contribution in [1.82, 2.24) is 24.9 Å². The Morgan fingerprint density at radius 1 is 0.961 bits per heavy atom. The third kappa shape index (κ3) is 15.7. The second-order valence-electron chi connectivity index (χ2n) is 11.5. The van der Waals surface area contributed by atoms with Crippen LogP contribution in [0.1, 0.15) is 64.5 Å². The van der Waals surface area contributed by atoms with E-state index in [-0.39, 0.29) is 30.7 Å². The minimum atomic E-state index is -4.07. The molecule has 1 aliphatic heterocycles. The molecule has 2 heterocycles. The highest BCUT2D eigenvalue weighted by Crippen LogP contribution is 2.45. The van der Waals surface area contributed by atoms with Gasteiger partial charge in [-0.25, -0.2) is 19.4 Å². The molecule has 0 spiro atoms. The molecule has 15 heteroatoms. The molecular formula is C36H51N6O8P. The summed E-state index contributed by atoms with van der Waals surface area (Å²) in [5.74, 6) is -0.149. The van der Waals surface area contributed by atoms with Crippen molar-refractivity contribution in [3.05, 3.63) is 108 Å². The zero-order valence-electron chi connectivity index (χ0n) is 29.0. The van der Waals surface area contributed by atoms with Gasteiger partial charge in [0.2, 0.25) is 11.9 Å². The van der Waals surface area contributed by atoms with Crippen LogP contribution in [0.2, 0.25) is 0 Å². The Morgan fingerprint density at radius 2 is 1.59 bits per heavy atom. The number of nitrogens with two attached hydrogens (primary N) is 1. The Kier molecular flexibility index (Phi) is 18.9. The van der Waals surface area contributed by atoms with Gasteiger partial charge in [-0.3, -0.25) is 13.9 Å². The first-order valence-corrected chi connectivity index (χ1v) is 18.7. The molecule has 5 atom stereocenters. The van der Waals surface area contributed by atoms with Crippen molar-refractivity contribution >= 4 is 19.6 Å². The van der Waals surface area contributed by atoms with Crippen molar-refractivity contribution in [3.63, 3.8) is 0 Å². The molecule has 51 heavy (non-hydrogen) atoms. The molecule has 14 nitrogen and oxygen atoms in total. The zero-order valence-corrected chi connectivity index (χ0v) is 29.9. The Hall–Kier alpha value is -4.17. The molecule has 278 valence electrons. The van der Waals surface area contributed by atoms with E-state index in [1.165, 1.54) is 0 Å². The van der Waals surface area contributed by atoms with Gasteiger partial charge in [0.1, 0.15) is 30.4 Å². The number of benzene rings is 1. The highest BCUT2D eigenvalue weighted by Gasteiger charge is 2.45. The van der Waals surface area contributed by atoms with Gasteiger partial charge < -0.3 is 30.5 Å². The number of nitrogen functional groups attached to an aromatic ring is 1. The molecule has 1 aromatic carbocycles. The molecule has 6 N–H and O–H groups in total. The minimum Gasteiger partial charge on any atom is -0.413 e. The summed E-state index contributed by atoms with van der Waals surface area (Å²) in [6.07, 6.45) is 23.5. The second-order valence-corrected chi connectivity index (χ2v) is 13.3. The van der Waals surface area contributed by atoms with E-state index >= 15 is 0 Å². The number of nitrogens with zero attached hydrogens (tertiary/aromatic N) is 3. The number of rotatable bonds is 23. The first-order valence-electron chi connectivity index (χ1n) is 17.2. The van der Waals surface area contributed by atoms with Crippen LogP contribution in [-0.4, -0.2) is 68.7 Å². The maximum absolute atomic E-state index is 13.7. The van der Waals surface area contributed by atoms with Gasteiger partial charge in [-0.05, 0) is 57.1 Å². The van der Waals surface area contributed by atoms with Gasteiger partial charge in [0.15, 0.2) is 6.23 Å². The molecular weight excluding hydrogens is 675 g/mol. The number of nitrogens with one attached hydrogen (secondary N) is 2. The number of unbranched alkanes of at least 4 members (excludes halogenated alkanes) is 1. The summed E-state index contributed by atoms with van der Waals surface area (Å²) < 4.78 is 31.5. The molecule has 1 amide bonds. The fourth-order valence-corrected chi connectivity index (χ4v) is 6.09. The summed E-state index contributed by atoms with van der Waals surface area (Å²) in [7, 11) is -4.07. The minimum absolute atomic E-state index is 0.0438. The van der Waals surface area contributed by atoms with Gasteiger partial charge in [0, 0.05) is 19.5 Å². The standard InChI is InChI=1S/C36H51N6O8P/c1-2-3-4-5-6-7-8-9-10-11-12-13-14-15-16-17-21-24-31(43)38-25-26-40-51(47,50-29-22-19-18-20-23-29)48-27-30-32(44)33(45)34(49-30)42-28-39-35(37)41-36(42)46/h3-4,6-7,9-10,12-13,15-16,18-20,22-23,28,30,32-34,44-45H,2,5,8,11,14,17,21,24-27H2,1H3,(H,38,43)(H,40,47)(H2,37,41,46). The van der Waals surface area contributed by atoms with Crippen LogP contribution in [0.5, 0.6) is 5.75 Å². The van der Waals surface area contributed by atoms with Crippen molar-refractivity contribution in [2.24, 2.45) is 0 Å². The number of carbonyl (C=O) groups excluding carboxylic acids is 1. The van der Waals surface area contributed by atoms with Crippen molar-refractivity contribution in [2.75, 3.05) is 25.4 Å². The van der Waals surface area contributed by atoms with Gasteiger partial charge in [0.05, 0.1) is 6.61 Å². The summed E-state index contributed by atoms with van der Waals surface area (Å²) in [6.45, 7) is 1.85. The smallest absolute Gasteiger partial charge is 0.413 e. The highest BCUT2D eigenvalue weighted by molar-refractivity contribution is 7.52. The van der Waals surface area contributed by atoms with Crippen molar-refractivity contribution in [2.45, 2.75) is 82.8 Å². The summed E-state index contributed by atoms with van der Waals surface area (Å²) >= 11 is 0. The van der Waals surface area contributed by atoms with E-state index in [1.807, 2.05) is 0 Å². The third-order valence-corrected chi connectivity index (χ3v) is 8.97. The average molecular weight is 727 g/mol. The van der Waals surface area contributed by atoms with E-state index in [4.69, 9.17) is 19.5 Å². The Morgan fingerprint density at radius 3 is 2.22 bits per heavy atom. The number of hydrogen-bond donors (Lipinski definition) is 5. The maximum atomic E-state index is 13.7. The zero-order chi connectivity index (χ0) is 36.7. The number of aliphatic hydroxyl groups excluding tert-OH is 2. The SMILES string of the molecule is CCC=CCC=CCC=CCC=CCC=CCCCC(=O)NCCNP(=O)(OCC1OC(n2cnc(N)nc2=O)C(O)C1O)Oc1ccccc1. The van der Waals surface area contributed by atoms with Crippen LogP contribution in [0.15, 0.2) is 102 Å². The van der Waals surface area contributed by atoms with Gasteiger partial charge in [-0.2, -0.15) is 4.98 Å². The van der Waals surface area contributed by atoms with Gasteiger partial charge in [-0.1, -0.05) is 85.9 Å². The number of aliphatic hydroxyl groups is 2. The fraction of sp³-hybridized carbons (Fsp3) is 0.444. The Labute approximate surface area is 299 Å². The van der Waals surface area contributed by atoms with Crippen LogP contribution >= 0.6 is 7.75 Å². The largest absolute Gasteiger partial charge is 0.458 e. The maximum Gasteiger partial charge on any atom is 0.458 e. The molecule has 5 unspecified atom stereocenters. The molecule has 0 saturated carbocycles. The number of para-hydroxylation sites is 1. The van der Waals surface area contributed by atoms with Crippen LogP contribution < -0.4 is 26.4 Å². The summed E-state index contributed by atoms with van der Waals surface area (Å²) in [5.41, 5.74) is 4.59. The van der Waals surface area contributed by atoms with Crippen LogP contribution in [0.4, 0.5) is 5.95 Å². The molecule has 3 rings (SSSR count). The number of amides is 1. The number of anilines is 1. The molecule has 0 radical (unpaired) electrons. The van der Waals surface area contributed by atoms with Crippen molar-refractivity contribution < 1.29 is 33.4 Å². The third-order valence-electron chi connectivity index (χ3n) is 7.42. The van der Waals surface area contributed by atoms with E-state index in [0.29, 0.717) is 12.8 Å². The lowest BCUT2D eigenvalue weighted by atomic mass is 10.1. The number of carbonyl (C=O) groups is 1. The molecule has 0 aliphatic carbocycles. The van der Waals surface area contributed by atoms with Gasteiger partial charge in [0.25, 0.3) is 0 Å². The number of ether oxygens (including phenoxy) is 1. The topological polar surface area (TPSA) is 200 Å². The molecule has 1 fully saturated rings. The number of allylic oxidation sites excluding steroid dienone is 10. The predicted molar refractivity (Wildman–Crippen MR) is 197 cm³/mol. The molecule has 1 saturated heterocycles. The number of hydrogen-bond acceptors (Lipinski definition) is 11. The molecule has 1 aliphatic rings. The monoisotopic (exact) mass is 726 g/mol. The predicted octanol–water partition coefficient (Wildman–Crippen LogP) is 4.67. The van der Waals surface area contributed by atoms with Crippen molar-refractivity contribution in [1.29, 1.82) is 0 Å². The van der Waals surface area contributed by atoms with Crippen LogP contribution in [0, 0.1) is 0 Å². The molecule has 0 bridgehead atoms. The summed E-state index contributed by atoms with van der Waals surface area (Å²) in [5, 5.41) is 26.6. The van der Waals surface area contributed by atoms with Crippen LogP contribution in [0.25, 0.3) is 0 Å². The quantitative estimate of drug-likeness (QED) is 0.0603. The van der Waals surface area contributed by atoms with Gasteiger partial charge >= 0.3 is 13.4 Å². The molecule has 1 aromatic heterocycles. The van der Waals surface area contributed by atoms with E-state index < -0.39 is 44.6 Å². The Bertz CT molecular complexity index is 1580. The first kappa shape index (κ1) is 41.3. The number of aromatic nitrogens is 3. The summed E-state index contributed by atoms with van der Waals surface area (Å²) in [6, 6.07) is 8.32. The van der Waals surface area contributed by atoms with E-state index in [0.717, 1.165) is 49.4 Å². The normalized spacial score (nSPS) is 20.7. The van der Waals surface area contributed by atoms with E-state index in [2.05, 4.69) is 88.1 Å².